The molecular weight excluding hydrogens is 545 g/mol. The second-order valence-electron chi connectivity index (χ2n) is 9.72. The molecule has 6 nitrogen and oxygen atoms in total. The number of benzene rings is 3. The van der Waals surface area contributed by atoms with E-state index in [2.05, 4.69) is 0 Å². The van der Waals surface area contributed by atoms with E-state index in [4.69, 9.17) is 9.84 Å². The normalized spacial score (nSPS) is 21.1. The molecule has 12 heteroatoms. The summed E-state index contributed by atoms with van der Waals surface area (Å²) in [6.07, 6.45) is -4.35. The minimum absolute atomic E-state index is 0.0311. The fourth-order valence-electron chi connectivity index (χ4n) is 5.01. The molecule has 0 radical (unpaired) electrons. The van der Waals surface area contributed by atoms with Crippen LogP contribution in [-0.2, 0) is 21.0 Å². The van der Waals surface area contributed by atoms with Crippen molar-refractivity contribution in [2.45, 2.75) is 36.4 Å². The minimum atomic E-state index is -4.77. The van der Waals surface area contributed by atoms with Gasteiger partial charge < -0.3 is 9.84 Å². The maximum atomic E-state index is 14.5. The molecule has 0 amide bonds. The van der Waals surface area contributed by atoms with Crippen molar-refractivity contribution in [2.24, 2.45) is 11.8 Å². The number of hydrogen-bond donors (Lipinski definition) is 1. The van der Waals surface area contributed by atoms with Crippen LogP contribution in [0.3, 0.4) is 0 Å². The van der Waals surface area contributed by atoms with Crippen LogP contribution >= 0.6 is 0 Å². The molecule has 0 aromatic heterocycles. The van der Waals surface area contributed by atoms with Gasteiger partial charge in [-0.05, 0) is 79.3 Å². The molecule has 206 valence electrons. The Bertz CT molecular complexity index is 1540. The number of anilines is 1. The number of rotatable bonds is 6. The lowest BCUT2D eigenvalue weighted by Crippen LogP contribution is -2.45. The van der Waals surface area contributed by atoms with Crippen molar-refractivity contribution in [3.05, 3.63) is 77.9 Å². The van der Waals surface area contributed by atoms with Crippen molar-refractivity contribution in [1.29, 1.82) is 0 Å². The van der Waals surface area contributed by atoms with Gasteiger partial charge in [0.2, 0.25) is 0 Å². The quantitative estimate of drug-likeness (QED) is 0.364. The lowest BCUT2D eigenvalue weighted by Gasteiger charge is -2.40. The molecule has 2 aliphatic rings. The second-order valence-corrected chi connectivity index (χ2v) is 11.6. The Kier molecular flexibility index (Phi) is 6.78. The van der Waals surface area contributed by atoms with Gasteiger partial charge in [0.15, 0.2) is 0 Å². The number of carboxylic acid groups (broad SMARTS) is 1. The van der Waals surface area contributed by atoms with Gasteiger partial charge >= 0.3 is 12.1 Å². The van der Waals surface area contributed by atoms with E-state index in [-0.39, 0.29) is 35.0 Å². The fraction of sp³-hybridized carbons (Fsp3) is 0.296. The molecule has 0 saturated heterocycles. The molecule has 3 aromatic rings. The van der Waals surface area contributed by atoms with Crippen LogP contribution in [0.1, 0.15) is 24.8 Å². The maximum Gasteiger partial charge on any atom is 0.416 e. The van der Waals surface area contributed by atoms with E-state index in [1.54, 1.807) is 0 Å². The average molecular weight is 568 g/mol. The first-order chi connectivity index (χ1) is 18.3. The second kappa shape index (κ2) is 9.82. The fourth-order valence-corrected chi connectivity index (χ4v) is 6.56. The molecular formula is C27H22F5NO5S. The van der Waals surface area contributed by atoms with Crippen LogP contribution in [0.15, 0.2) is 65.6 Å². The first kappa shape index (κ1) is 26.9. The van der Waals surface area contributed by atoms with Gasteiger partial charge in [-0.2, -0.15) is 13.2 Å². The van der Waals surface area contributed by atoms with E-state index in [1.165, 1.54) is 18.2 Å². The smallest absolute Gasteiger partial charge is 0.416 e. The summed E-state index contributed by atoms with van der Waals surface area (Å²) in [5, 5.41) is 9.15. The van der Waals surface area contributed by atoms with Crippen molar-refractivity contribution in [3.8, 4) is 16.9 Å². The SMILES string of the molecule is O=C(O)[C@H]1C[C@H](C[C@H]2CN(S(=O)(=O)c3cccc(C(F)(F)F)c3)c3cc(-c4cc(F)ccc4F)ccc3O2)C1. The van der Waals surface area contributed by atoms with Crippen LogP contribution in [0.5, 0.6) is 5.75 Å². The molecule has 3 aromatic carbocycles. The summed E-state index contributed by atoms with van der Waals surface area (Å²) in [6, 6.07) is 10.3. The van der Waals surface area contributed by atoms with Gasteiger partial charge in [0.1, 0.15) is 23.5 Å². The topological polar surface area (TPSA) is 83.9 Å². The molecule has 39 heavy (non-hydrogen) atoms. The Morgan fingerprint density at radius 2 is 1.77 bits per heavy atom. The zero-order chi connectivity index (χ0) is 28.1. The van der Waals surface area contributed by atoms with E-state index >= 15 is 0 Å². The van der Waals surface area contributed by atoms with Crippen molar-refractivity contribution < 1.29 is 45.0 Å². The Balaban J connectivity index is 1.55. The lowest BCUT2D eigenvalue weighted by atomic mass is 9.72. The summed E-state index contributed by atoms with van der Waals surface area (Å²) < 4.78 is 103. The number of nitrogens with zero attached hydrogens (tertiary/aromatic N) is 1. The number of aliphatic carboxylic acids is 1. The van der Waals surface area contributed by atoms with E-state index in [9.17, 15) is 35.2 Å². The van der Waals surface area contributed by atoms with Gasteiger partial charge in [0.25, 0.3) is 10.0 Å². The Labute approximate surface area is 220 Å². The highest BCUT2D eigenvalue weighted by atomic mass is 32.2. The van der Waals surface area contributed by atoms with Crippen LogP contribution in [0.4, 0.5) is 27.6 Å². The third-order valence-electron chi connectivity index (χ3n) is 7.06. The molecule has 1 atom stereocenters. The molecule has 0 bridgehead atoms. The van der Waals surface area contributed by atoms with Crippen molar-refractivity contribution in [2.75, 3.05) is 10.8 Å². The molecule has 5 rings (SSSR count). The Morgan fingerprint density at radius 1 is 1.03 bits per heavy atom. The minimum Gasteiger partial charge on any atom is -0.486 e. The zero-order valence-electron chi connectivity index (χ0n) is 20.2. The molecule has 1 fully saturated rings. The van der Waals surface area contributed by atoms with Gasteiger partial charge in [0.05, 0.1) is 28.6 Å². The predicted molar refractivity (Wildman–Crippen MR) is 131 cm³/mol. The summed E-state index contributed by atoms with van der Waals surface area (Å²) in [5.74, 6) is -2.80. The van der Waals surface area contributed by atoms with Gasteiger partial charge in [-0.1, -0.05) is 12.1 Å². The molecule has 1 N–H and O–H groups in total. The highest BCUT2D eigenvalue weighted by Crippen LogP contribution is 2.44. The number of sulfonamides is 1. The largest absolute Gasteiger partial charge is 0.486 e. The molecule has 1 saturated carbocycles. The van der Waals surface area contributed by atoms with Crippen LogP contribution in [-0.4, -0.2) is 32.1 Å². The monoisotopic (exact) mass is 567 g/mol. The number of carbonyl (C=O) groups is 1. The zero-order valence-corrected chi connectivity index (χ0v) is 21.0. The van der Waals surface area contributed by atoms with E-state index < -0.39 is 56.3 Å². The average Bonchev–Trinajstić information content (AvgIpc) is 2.86. The first-order valence-electron chi connectivity index (χ1n) is 12.0. The van der Waals surface area contributed by atoms with Crippen LogP contribution in [0.25, 0.3) is 11.1 Å². The lowest BCUT2D eigenvalue weighted by molar-refractivity contribution is -0.146. The highest BCUT2D eigenvalue weighted by molar-refractivity contribution is 7.92. The number of carboxylic acids is 1. The predicted octanol–water partition coefficient (Wildman–Crippen LogP) is 6.11. The van der Waals surface area contributed by atoms with Gasteiger partial charge in [-0.15, -0.1) is 0 Å². The number of hydrogen-bond acceptors (Lipinski definition) is 4. The summed E-state index contributed by atoms with van der Waals surface area (Å²) >= 11 is 0. The van der Waals surface area contributed by atoms with Crippen molar-refractivity contribution >= 4 is 21.7 Å². The summed E-state index contributed by atoms with van der Waals surface area (Å²) in [5.41, 5.74) is -1.17. The Hall–Kier alpha value is -3.67. The molecule has 0 spiro atoms. The van der Waals surface area contributed by atoms with Crippen LogP contribution in [0, 0.1) is 23.5 Å². The summed E-state index contributed by atoms with van der Waals surface area (Å²) in [4.78, 5) is 10.6. The van der Waals surface area contributed by atoms with Crippen LogP contribution in [0.2, 0.25) is 0 Å². The third kappa shape index (κ3) is 5.29. The van der Waals surface area contributed by atoms with Crippen molar-refractivity contribution in [1.82, 2.24) is 0 Å². The first-order valence-corrected chi connectivity index (χ1v) is 13.5. The maximum absolute atomic E-state index is 14.5. The van der Waals surface area contributed by atoms with Gasteiger partial charge in [0, 0.05) is 5.56 Å². The number of alkyl halides is 3. The standard InChI is InChI=1S/C27H22F5NO5S/c28-19-5-6-23(29)22(13-19)16-4-7-25-24(11-16)33(14-20(38-25)10-15-8-17(9-15)26(34)35)39(36,37)21-3-1-2-18(12-21)27(30,31)32/h1-7,11-13,15,17,20H,8-10,14H2,(H,34,35)/t15-,17-,20-/m0/s1. The summed E-state index contributed by atoms with van der Waals surface area (Å²) in [6.45, 7) is -0.269. The molecule has 1 aliphatic carbocycles. The summed E-state index contributed by atoms with van der Waals surface area (Å²) in [7, 11) is -4.57. The van der Waals surface area contributed by atoms with Crippen molar-refractivity contribution in [3.63, 3.8) is 0 Å². The number of halogens is 5. The van der Waals surface area contributed by atoms with Gasteiger partial charge in [-0.25, -0.2) is 17.2 Å². The number of fused-ring (bicyclic) bond motifs is 1. The Morgan fingerprint density at radius 3 is 2.46 bits per heavy atom. The molecule has 1 aliphatic heterocycles. The molecule has 0 unspecified atom stereocenters. The van der Waals surface area contributed by atoms with E-state index in [0.29, 0.717) is 25.3 Å². The van der Waals surface area contributed by atoms with E-state index in [1.807, 2.05) is 0 Å². The third-order valence-corrected chi connectivity index (χ3v) is 8.84. The van der Waals surface area contributed by atoms with Crippen LogP contribution < -0.4 is 9.04 Å². The molecule has 1 heterocycles. The highest BCUT2D eigenvalue weighted by Gasteiger charge is 2.41. The number of ether oxygens (including phenoxy) is 1. The van der Waals surface area contributed by atoms with E-state index in [0.717, 1.165) is 40.7 Å². The van der Waals surface area contributed by atoms with Gasteiger partial charge in [-0.3, -0.25) is 9.10 Å².